The predicted octanol–water partition coefficient (Wildman–Crippen LogP) is 8.00. The molecule has 168 valence electrons. The van der Waals surface area contributed by atoms with Gasteiger partial charge in [-0.25, -0.2) is 4.98 Å². The van der Waals surface area contributed by atoms with Gasteiger partial charge in [0, 0.05) is 23.4 Å². The van der Waals surface area contributed by atoms with Crippen LogP contribution in [0.1, 0.15) is 0 Å². The minimum atomic E-state index is -0.373. The maximum Gasteiger partial charge on any atom is 0.269 e. The van der Waals surface area contributed by atoms with E-state index >= 15 is 0 Å². The molecule has 0 bridgehead atoms. The number of hydrogen-bond acceptors (Lipinski definition) is 4. The summed E-state index contributed by atoms with van der Waals surface area (Å²) < 4.78 is 3.31. The Morgan fingerprint density at radius 2 is 1.37 bits per heavy atom. The zero-order valence-corrected chi connectivity index (χ0v) is 19.4. The first-order chi connectivity index (χ1) is 17.2. The van der Waals surface area contributed by atoms with Crippen molar-refractivity contribution in [3.63, 3.8) is 0 Å². The monoisotopic (exact) mass is 473 g/mol. The second kappa shape index (κ2) is 8.66. The van der Waals surface area contributed by atoms with Gasteiger partial charge in [0.15, 0.2) is 0 Å². The number of thiazole rings is 1. The molecule has 0 saturated carbocycles. The molecule has 0 spiro atoms. The van der Waals surface area contributed by atoms with Crippen LogP contribution in [0.2, 0.25) is 0 Å². The maximum atomic E-state index is 11.3. The lowest BCUT2D eigenvalue weighted by molar-refractivity contribution is -0.384. The molecule has 0 amide bonds. The summed E-state index contributed by atoms with van der Waals surface area (Å²) in [6.07, 6.45) is 0. The van der Waals surface area contributed by atoms with Gasteiger partial charge in [-0.1, -0.05) is 72.8 Å². The molecular weight excluding hydrogens is 454 g/mol. The van der Waals surface area contributed by atoms with E-state index in [4.69, 9.17) is 4.98 Å². The molecule has 6 rings (SSSR count). The summed E-state index contributed by atoms with van der Waals surface area (Å²) >= 11 is 1.66. The fourth-order valence-corrected chi connectivity index (χ4v) is 5.34. The topological polar surface area (TPSA) is 61.0 Å². The number of aromatic nitrogens is 2. The lowest BCUT2D eigenvalue weighted by Crippen LogP contribution is -2.00. The molecule has 0 atom stereocenters. The lowest BCUT2D eigenvalue weighted by atomic mass is 10.1. The van der Waals surface area contributed by atoms with Gasteiger partial charge in [-0.05, 0) is 41.5 Å². The molecule has 5 nitrogen and oxygen atoms in total. The molecule has 0 radical (unpaired) electrons. The van der Waals surface area contributed by atoms with Crippen LogP contribution in [0.3, 0.4) is 0 Å². The molecule has 2 heterocycles. The summed E-state index contributed by atoms with van der Waals surface area (Å²) in [5.41, 5.74) is 6.99. The minimum Gasteiger partial charge on any atom is -0.309 e. The van der Waals surface area contributed by atoms with Crippen LogP contribution >= 0.6 is 11.3 Å². The Labute approximate surface area is 205 Å². The Hall–Kier alpha value is -4.55. The van der Waals surface area contributed by atoms with E-state index in [9.17, 15) is 10.1 Å². The Morgan fingerprint density at radius 3 is 2.03 bits per heavy atom. The SMILES string of the molecule is O=[N+]([O-])c1ccc(-n2c(-c3ccccc3)cc(-c3nc4ccccc4s3)c2-c2ccccc2)cc1. The third-order valence-corrected chi connectivity index (χ3v) is 7.03. The van der Waals surface area contributed by atoms with Crippen LogP contribution in [0.15, 0.2) is 115 Å². The van der Waals surface area contributed by atoms with Crippen molar-refractivity contribution in [3.8, 4) is 38.8 Å². The van der Waals surface area contributed by atoms with Crippen molar-refractivity contribution >= 4 is 27.2 Å². The average molecular weight is 474 g/mol. The van der Waals surface area contributed by atoms with Crippen molar-refractivity contribution < 1.29 is 4.92 Å². The van der Waals surface area contributed by atoms with E-state index in [2.05, 4.69) is 41.0 Å². The molecule has 4 aromatic carbocycles. The van der Waals surface area contributed by atoms with E-state index < -0.39 is 0 Å². The second-order valence-electron chi connectivity index (χ2n) is 8.12. The molecule has 0 saturated heterocycles. The molecule has 35 heavy (non-hydrogen) atoms. The summed E-state index contributed by atoms with van der Waals surface area (Å²) in [7, 11) is 0. The largest absolute Gasteiger partial charge is 0.309 e. The summed E-state index contributed by atoms with van der Waals surface area (Å²) in [5.74, 6) is 0. The van der Waals surface area contributed by atoms with E-state index in [0.29, 0.717) is 0 Å². The number of benzene rings is 4. The molecule has 0 unspecified atom stereocenters. The first-order valence-electron chi connectivity index (χ1n) is 11.2. The van der Waals surface area contributed by atoms with Gasteiger partial charge < -0.3 is 4.57 Å². The van der Waals surface area contributed by atoms with Gasteiger partial charge in [-0.3, -0.25) is 10.1 Å². The van der Waals surface area contributed by atoms with Crippen LogP contribution < -0.4 is 0 Å². The minimum absolute atomic E-state index is 0.0647. The zero-order chi connectivity index (χ0) is 23.8. The van der Waals surface area contributed by atoms with Gasteiger partial charge in [0.25, 0.3) is 5.69 Å². The van der Waals surface area contributed by atoms with Gasteiger partial charge in [0.1, 0.15) is 5.01 Å². The van der Waals surface area contributed by atoms with Crippen LogP contribution in [-0.4, -0.2) is 14.5 Å². The van der Waals surface area contributed by atoms with E-state index in [0.717, 1.165) is 49.0 Å². The number of hydrogen-bond donors (Lipinski definition) is 0. The highest BCUT2D eigenvalue weighted by Gasteiger charge is 2.23. The Balaban J connectivity index is 1.69. The van der Waals surface area contributed by atoms with E-state index in [1.807, 2.05) is 54.6 Å². The lowest BCUT2D eigenvalue weighted by Gasteiger charge is -2.15. The molecule has 2 aromatic heterocycles. The van der Waals surface area contributed by atoms with Gasteiger partial charge in [0.2, 0.25) is 0 Å². The van der Waals surface area contributed by atoms with E-state index in [1.54, 1.807) is 35.6 Å². The van der Waals surface area contributed by atoms with Crippen LogP contribution in [0, 0.1) is 10.1 Å². The van der Waals surface area contributed by atoms with Gasteiger partial charge in [-0.15, -0.1) is 11.3 Å². The van der Waals surface area contributed by atoms with E-state index in [1.165, 1.54) is 0 Å². The van der Waals surface area contributed by atoms with Crippen molar-refractivity contribution in [3.05, 3.63) is 125 Å². The summed E-state index contributed by atoms with van der Waals surface area (Å²) in [4.78, 5) is 15.9. The van der Waals surface area contributed by atoms with Crippen LogP contribution in [0.4, 0.5) is 5.69 Å². The number of para-hydroxylation sites is 1. The van der Waals surface area contributed by atoms with Crippen molar-refractivity contribution in [1.82, 2.24) is 9.55 Å². The van der Waals surface area contributed by atoms with Crippen LogP contribution in [0.5, 0.6) is 0 Å². The number of non-ortho nitro benzene ring substituents is 1. The predicted molar refractivity (Wildman–Crippen MR) is 142 cm³/mol. The number of nitrogens with zero attached hydrogens (tertiary/aromatic N) is 3. The summed E-state index contributed by atoms with van der Waals surface area (Å²) in [6.45, 7) is 0. The fourth-order valence-electron chi connectivity index (χ4n) is 4.35. The molecule has 0 N–H and O–H groups in total. The molecule has 0 fully saturated rings. The fraction of sp³-hybridized carbons (Fsp3) is 0. The average Bonchev–Trinajstić information content (AvgIpc) is 3.52. The van der Waals surface area contributed by atoms with E-state index in [-0.39, 0.29) is 10.6 Å². The van der Waals surface area contributed by atoms with Gasteiger partial charge in [0.05, 0.1) is 26.5 Å². The van der Waals surface area contributed by atoms with Crippen molar-refractivity contribution in [2.45, 2.75) is 0 Å². The smallest absolute Gasteiger partial charge is 0.269 e. The molecular formula is C29H19N3O2S. The maximum absolute atomic E-state index is 11.3. The Morgan fingerprint density at radius 1 is 0.743 bits per heavy atom. The number of rotatable bonds is 5. The van der Waals surface area contributed by atoms with Gasteiger partial charge >= 0.3 is 0 Å². The Bertz CT molecular complexity index is 1620. The first-order valence-corrected chi connectivity index (χ1v) is 12.0. The zero-order valence-electron chi connectivity index (χ0n) is 18.5. The quantitative estimate of drug-likeness (QED) is 0.188. The summed E-state index contributed by atoms with van der Waals surface area (Å²) in [5, 5.41) is 12.2. The normalized spacial score (nSPS) is 11.1. The molecule has 0 aliphatic heterocycles. The third-order valence-electron chi connectivity index (χ3n) is 5.96. The molecule has 0 aliphatic carbocycles. The highest BCUT2D eigenvalue weighted by atomic mass is 32.1. The molecule has 6 heteroatoms. The number of nitro groups is 1. The third kappa shape index (κ3) is 3.80. The van der Waals surface area contributed by atoms with Crippen molar-refractivity contribution in [2.75, 3.05) is 0 Å². The number of fused-ring (bicyclic) bond motifs is 1. The number of nitro benzene ring substituents is 1. The second-order valence-corrected chi connectivity index (χ2v) is 9.15. The first kappa shape index (κ1) is 21.0. The van der Waals surface area contributed by atoms with Crippen LogP contribution in [0.25, 0.3) is 49.0 Å². The van der Waals surface area contributed by atoms with Crippen molar-refractivity contribution in [2.24, 2.45) is 0 Å². The van der Waals surface area contributed by atoms with Crippen LogP contribution in [-0.2, 0) is 0 Å². The highest BCUT2D eigenvalue weighted by Crippen LogP contribution is 2.43. The molecule has 0 aliphatic rings. The van der Waals surface area contributed by atoms with Gasteiger partial charge in [-0.2, -0.15) is 0 Å². The standard InChI is InChI=1S/C29H19N3O2S/c33-32(34)23-17-15-22(16-18-23)31-26(20-9-3-1-4-10-20)19-24(28(31)21-11-5-2-6-12-21)29-30-25-13-7-8-14-27(25)35-29/h1-19H. The summed E-state index contributed by atoms with van der Waals surface area (Å²) in [6, 6.07) is 37.4. The Kier molecular flexibility index (Phi) is 5.20. The van der Waals surface area contributed by atoms with Crippen molar-refractivity contribution in [1.29, 1.82) is 0 Å². The molecule has 6 aromatic rings. The highest BCUT2D eigenvalue weighted by molar-refractivity contribution is 7.21.